The van der Waals surface area contributed by atoms with E-state index in [4.69, 9.17) is 0 Å². The Morgan fingerprint density at radius 3 is 2.30 bits per heavy atom. The van der Waals surface area contributed by atoms with Crippen molar-refractivity contribution in [3.8, 4) is 5.75 Å². The summed E-state index contributed by atoms with van der Waals surface area (Å²) in [6.45, 7) is 0. The number of aliphatic carboxylic acids is 1. The van der Waals surface area contributed by atoms with Gasteiger partial charge in [-0.3, -0.25) is 25.2 Å². The smallest absolute Gasteiger partial charge is 0.307 e. The van der Waals surface area contributed by atoms with E-state index in [2.05, 4.69) is 10.9 Å². The first-order valence-electron chi connectivity index (χ1n) is 7.28. The molecule has 2 aliphatic rings. The van der Waals surface area contributed by atoms with Gasteiger partial charge in [-0.15, -0.1) is 0 Å². The lowest BCUT2D eigenvalue weighted by atomic mass is 9.82. The molecule has 4 atom stereocenters. The average Bonchev–Trinajstić information content (AvgIpc) is 3.13. The van der Waals surface area contributed by atoms with Crippen molar-refractivity contribution in [3.63, 3.8) is 0 Å². The zero-order valence-corrected chi connectivity index (χ0v) is 12.1. The lowest BCUT2D eigenvalue weighted by molar-refractivity contribution is -0.148. The highest BCUT2D eigenvalue weighted by molar-refractivity contribution is 5.98. The molecule has 120 valence electrons. The molecule has 1 aromatic rings. The van der Waals surface area contributed by atoms with Crippen LogP contribution in [0.3, 0.4) is 0 Å². The number of nitrogens with one attached hydrogen (secondary N) is 2. The number of hydrogen-bond acceptors (Lipinski definition) is 4. The number of fused-ring (bicyclic) bond motifs is 2. The van der Waals surface area contributed by atoms with Gasteiger partial charge < -0.3 is 10.2 Å². The molecular formula is C16H16N2O5. The summed E-state index contributed by atoms with van der Waals surface area (Å²) in [7, 11) is 0. The molecule has 1 fully saturated rings. The third-order valence-electron chi connectivity index (χ3n) is 4.50. The maximum atomic E-state index is 12.3. The Balaban J connectivity index is 1.66. The second kappa shape index (κ2) is 5.75. The summed E-state index contributed by atoms with van der Waals surface area (Å²) in [5.41, 5.74) is 4.52. The number of carboxylic acids is 1. The number of benzene rings is 1. The molecule has 1 aromatic carbocycles. The number of carboxylic acid groups (broad SMARTS) is 1. The Bertz CT molecular complexity index is 699. The molecule has 0 heterocycles. The molecule has 0 aromatic heterocycles. The first-order chi connectivity index (χ1) is 11.0. The highest BCUT2D eigenvalue weighted by Crippen LogP contribution is 2.48. The van der Waals surface area contributed by atoms with E-state index in [-0.39, 0.29) is 23.1 Å². The van der Waals surface area contributed by atoms with Gasteiger partial charge in [0.05, 0.1) is 17.4 Å². The zero-order chi connectivity index (χ0) is 16.6. The molecule has 0 unspecified atom stereocenters. The summed E-state index contributed by atoms with van der Waals surface area (Å²) in [6, 6.07) is 5.93. The molecule has 1 saturated carbocycles. The standard InChI is InChI=1S/C16H16N2O5/c19-11-4-2-1-3-10(11)14(20)17-18-15(21)12-8-5-6-9(7-8)13(12)16(22)23/h1-6,8-9,12-13,19H,7H2,(H,17,20)(H,18,21)(H,22,23)/t8-,9+,12-,13+/m1/s1. The van der Waals surface area contributed by atoms with Crippen LogP contribution in [0.25, 0.3) is 0 Å². The van der Waals surface area contributed by atoms with Gasteiger partial charge in [0.1, 0.15) is 5.75 Å². The molecule has 0 saturated heterocycles. The van der Waals surface area contributed by atoms with E-state index in [1.807, 2.05) is 12.2 Å². The van der Waals surface area contributed by atoms with Crippen LogP contribution in [0.2, 0.25) is 0 Å². The van der Waals surface area contributed by atoms with Crippen molar-refractivity contribution in [2.75, 3.05) is 0 Å². The van der Waals surface area contributed by atoms with Crippen LogP contribution in [0.1, 0.15) is 16.8 Å². The molecule has 2 amide bonds. The quantitative estimate of drug-likeness (QED) is 0.483. The summed E-state index contributed by atoms with van der Waals surface area (Å²) >= 11 is 0. The van der Waals surface area contributed by atoms with Gasteiger partial charge in [0, 0.05) is 0 Å². The van der Waals surface area contributed by atoms with Gasteiger partial charge in [0.2, 0.25) is 5.91 Å². The summed E-state index contributed by atoms with van der Waals surface area (Å²) in [4.78, 5) is 35.6. The molecule has 0 radical (unpaired) electrons. The van der Waals surface area contributed by atoms with Gasteiger partial charge in [0.25, 0.3) is 5.91 Å². The number of allylic oxidation sites excluding steroid dienone is 2. The Labute approximate surface area is 132 Å². The molecule has 3 rings (SSSR count). The van der Waals surface area contributed by atoms with Crippen LogP contribution in [0, 0.1) is 23.7 Å². The molecule has 4 N–H and O–H groups in total. The van der Waals surface area contributed by atoms with Crippen molar-refractivity contribution in [3.05, 3.63) is 42.0 Å². The van der Waals surface area contributed by atoms with Crippen molar-refractivity contribution in [2.45, 2.75) is 6.42 Å². The van der Waals surface area contributed by atoms with Crippen molar-refractivity contribution in [1.82, 2.24) is 10.9 Å². The monoisotopic (exact) mass is 316 g/mol. The number of aromatic hydroxyl groups is 1. The molecule has 0 aliphatic heterocycles. The number of rotatable bonds is 3. The second-order valence-electron chi connectivity index (χ2n) is 5.80. The van der Waals surface area contributed by atoms with Crippen LogP contribution in [0.4, 0.5) is 0 Å². The van der Waals surface area contributed by atoms with E-state index < -0.39 is 29.6 Å². The molecule has 2 bridgehead atoms. The second-order valence-corrected chi connectivity index (χ2v) is 5.80. The molecule has 7 heteroatoms. The fraction of sp³-hybridized carbons (Fsp3) is 0.312. The van der Waals surface area contributed by atoms with Gasteiger partial charge in [-0.1, -0.05) is 24.3 Å². The van der Waals surface area contributed by atoms with E-state index in [0.717, 1.165) is 0 Å². The van der Waals surface area contributed by atoms with E-state index in [0.29, 0.717) is 6.42 Å². The minimum absolute atomic E-state index is 0.0235. The lowest BCUT2D eigenvalue weighted by Gasteiger charge is -2.23. The van der Waals surface area contributed by atoms with Crippen molar-refractivity contribution in [2.24, 2.45) is 23.7 Å². The maximum absolute atomic E-state index is 12.3. The topological polar surface area (TPSA) is 116 Å². The van der Waals surface area contributed by atoms with Crippen LogP contribution in [0.5, 0.6) is 5.75 Å². The number of phenols is 1. The highest BCUT2D eigenvalue weighted by Gasteiger charge is 2.51. The predicted molar refractivity (Wildman–Crippen MR) is 79.1 cm³/mol. The van der Waals surface area contributed by atoms with Crippen LogP contribution < -0.4 is 10.9 Å². The number of carbonyl (C=O) groups is 3. The van der Waals surface area contributed by atoms with Crippen LogP contribution in [-0.2, 0) is 9.59 Å². The number of hydrazine groups is 1. The minimum Gasteiger partial charge on any atom is -0.507 e. The summed E-state index contributed by atoms with van der Waals surface area (Å²) in [5, 5.41) is 18.9. The van der Waals surface area contributed by atoms with E-state index >= 15 is 0 Å². The third-order valence-corrected chi connectivity index (χ3v) is 4.50. The fourth-order valence-electron chi connectivity index (χ4n) is 3.45. The van der Waals surface area contributed by atoms with Gasteiger partial charge in [0.15, 0.2) is 0 Å². The Kier molecular flexibility index (Phi) is 3.77. The largest absolute Gasteiger partial charge is 0.507 e. The van der Waals surface area contributed by atoms with E-state index in [9.17, 15) is 24.6 Å². The van der Waals surface area contributed by atoms with Gasteiger partial charge >= 0.3 is 5.97 Å². The Hall–Kier alpha value is -2.83. The predicted octanol–water partition coefficient (Wildman–Crippen LogP) is 0.676. The van der Waals surface area contributed by atoms with Crippen molar-refractivity contribution >= 4 is 17.8 Å². The van der Waals surface area contributed by atoms with Gasteiger partial charge in [-0.05, 0) is 30.4 Å². The third kappa shape index (κ3) is 2.65. The normalized spacial score (nSPS) is 27.7. The lowest BCUT2D eigenvalue weighted by Crippen LogP contribution is -2.48. The Morgan fingerprint density at radius 1 is 1.00 bits per heavy atom. The fourth-order valence-corrected chi connectivity index (χ4v) is 3.45. The number of phenolic OH excluding ortho intramolecular Hbond substituents is 1. The van der Waals surface area contributed by atoms with E-state index in [1.54, 1.807) is 12.1 Å². The van der Waals surface area contributed by atoms with Crippen molar-refractivity contribution in [1.29, 1.82) is 0 Å². The first kappa shape index (κ1) is 15.1. The zero-order valence-electron chi connectivity index (χ0n) is 12.1. The Morgan fingerprint density at radius 2 is 1.65 bits per heavy atom. The number of hydrogen-bond donors (Lipinski definition) is 4. The molecule has 2 aliphatic carbocycles. The van der Waals surface area contributed by atoms with Gasteiger partial charge in [-0.25, -0.2) is 0 Å². The summed E-state index contributed by atoms with van der Waals surface area (Å²) in [6.07, 6.45) is 4.34. The minimum atomic E-state index is -1.01. The summed E-state index contributed by atoms with van der Waals surface area (Å²) < 4.78 is 0. The maximum Gasteiger partial charge on any atom is 0.307 e. The SMILES string of the molecule is O=C(NNC(=O)[C@H]1[C@@H](C(=O)O)[C@H]2C=C[C@@H]1C2)c1ccccc1O. The first-order valence-corrected chi connectivity index (χ1v) is 7.28. The van der Waals surface area contributed by atoms with Crippen LogP contribution in [0.15, 0.2) is 36.4 Å². The van der Waals surface area contributed by atoms with Crippen LogP contribution >= 0.6 is 0 Å². The highest BCUT2D eigenvalue weighted by atomic mass is 16.4. The molecule has 23 heavy (non-hydrogen) atoms. The number of amides is 2. The summed E-state index contributed by atoms with van der Waals surface area (Å²) in [5.74, 6) is -4.14. The molecule has 0 spiro atoms. The van der Waals surface area contributed by atoms with Crippen molar-refractivity contribution < 1.29 is 24.6 Å². The molecular weight excluding hydrogens is 300 g/mol. The van der Waals surface area contributed by atoms with Crippen LogP contribution in [-0.4, -0.2) is 28.0 Å². The van der Waals surface area contributed by atoms with Gasteiger partial charge in [-0.2, -0.15) is 0 Å². The average molecular weight is 316 g/mol. The van der Waals surface area contributed by atoms with E-state index in [1.165, 1.54) is 12.1 Å². The number of para-hydroxylation sites is 1. The number of carbonyl (C=O) groups excluding carboxylic acids is 2. The molecule has 7 nitrogen and oxygen atoms in total.